The third kappa shape index (κ3) is 6.44. The van der Waals surface area contributed by atoms with Crippen molar-refractivity contribution >= 4 is 21.7 Å². The number of benzene rings is 1. The third-order valence-electron chi connectivity index (χ3n) is 3.14. The molecule has 0 aliphatic heterocycles. The lowest BCUT2D eigenvalue weighted by Crippen LogP contribution is -2.26. The summed E-state index contributed by atoms with van der Waals surface area (Å²) in [6, 6.07) is 3.88. The molecular formula is C15H24N2O6S. The Balaban J connectivity index is 2.83. The fourth-order valence-corrected chi connectivity index (χ4v) is 3.03. The monoisotopic (exact) mass is 360 g/mol. The van der Waals surface area contributed by atoms with E-state index < -0.39 is 16.0 Å². The van der Waals surface area contributed by atoms with Gasteiger partial charge in [0.05, 0.1) is 10.5 Å². The van der Waals surface area contributed by atoms with E-state index in [9.17, 15) is 18.3 Å². The Bertz CT molecular complexity index is 633. The number of aliphatic hydroxyl groups excluding tert-OH is 1. The maximum atomic E-state index is 12.2. The molecule has 8 nitrogen and oxygen atoms in total. The van der Waals surface area contributed by atoms with Crippen LogP contribution in [0.4, 0.5) is 5.69 Å². The molecule has 0 unspecified atom stereocenters. The van der Waals surface area contributed by atoms with Crippen molar-refractivity contribution in [2.45, 2.75) is 24.7 Å². The fraction of sp³-hybridized carbons (Fsp3) is 0.533. The number of aromatic carboxylic acids is 1. The van der Waals surface area contributed by atoms with Gasteiger partial charge in [-0.15, -0.1) is 0 Å². The number of rotatable bonds is 12. The molecule has 0 saturated carbocycles. The molecule has 0 aliphatic carbocycles. The maximum absolute atomic E-state index is 12.2. The van der Waals surface area contributed by atoms with E-state index in [1.54, 1.807) is 0 Å². The summed E-state index contributed by atoms with van der Waals surface area (Å²) >= 11 is 0. The molecule has 0 bridgehead atoms. The van der Waals surface area contributed by atoms with Crippen LogP contribution >= 0.6 is 0 Å². The molecule has 0 heterocycles. The van der Waals surface area contributed by atoms with E-state index in [1.807, 2.05) is 6.92 Å². The predicted molar refractivity (Wildman–Crippen MR) is 89.9 cm³/mol. The van der Waals surface area contributed by atoms with E-state index in [0.717, 1.165) is 6.07 Å². The first kappa shape index (κ1) is 20.4. The van der Waals surface area contributed by atoms with Crippen LogP contribution in [0.25, 0.3) is 0 Å². The molecule has 0 spiro atoms. The minimum atomic E-state index is -3.78. The first-order chi connectivity index (χ1) is 11.4. The van der Waals surface area contributed by atoms with Crippen LogP contribution in [0.1, 0.15) is 30.1 Å². The molecule has 4 N–H and O–H groups in total. The number of hydrogen-bond donors (Lipinski definition) is 4. The average Bonchev–Trinajstić information content (AvgIpc) is 2.54. The number of ether oxygens (including phenoxy) is 1. The summed E-state index contributed by atoms with van der Waals surface area (Å²) in [5.41, 5.74) is 0.177. The smallest absolute Gasteiger partial charge is 0.337 e. The van der Waals surface area contributed by atoms with E-state index >= 15 is 0 Å². The van der Waals surface area contributed by atoms with Crippen molar-refractivity contribution in [3.05, 3.63) is 23.8 Å². The summed E-state index contributed by atoms with van der Waals surface area (Å²) < 4.78 is 32.0. The van der Waals surface area contributed by atoms with Crippen molar-refractivity contribution < 1.29 is 28.2 Å². The highest BCUT2D eigenvalue weighted by atomic mass is 32.2. The summed E-state index contributed by atoms with van der Waals surface area (Å²) in [7, 11) is -3.78. The highest BCUT2D eigenvalue weighted by Crippen LogP contribution is 2.20. The highest BCUT2D eigenvalue weighted by molar-refractivity contribution is 7.89. The molecule has 1 aromatic rings. The first-order valence-electron chi connectivity index (χ1n) is 7.72. The van der Waals surface area contributed by atoms with Gasteiger partial charge in [-0.05, 0) is 38.0 Å². The molecule has 0 aliphatic rings. The van der Waals surface area contributed by atoms with Crippen molar-refractivity contribution in [1.82, 2.24) is 4.72 Å². The normalized spacial score (nSPS) is 11.4. The molecule has 0 amide bonds. The molecule has 0 radical (unpaired) electrons. The summed E-state index contributed by atoms with van der Waals surface area (Å²) in [6.45, 7) is 3.45. The molecule has 136 valence electrons. The second-order valence-corrected chi connectivity index (χ2v) is 6.73. The zero-order valence-electron chi connectivity index (χ0n) is 13.6. The lowest BCUT2D eigenvalue weighted by atomic mass is 10.2. The molecule has 0 saturated heterocycles. The van der Waals surface area contributed by atoms with Crippen LogP contribution in [0.15, 0.2) is 23.1 Å². The van der Waals surface area contributed by atoms with E-state index in [0.29, 0.717) is 38.3 Å². The minimum absolute atomic E-state index is 0.0203. The Morgan fingerprint density at radius 2 is 2.00 bits per heavy atom. The van der Waals surface area contributed by atoms with Crippen molar-refractivity contribution in [3.8, 4) is 0 Å². The summed E-state index contributed by atoms with van der Waals surface area (Å²) in [6.07, 6.45) is 0.986. The van der Waals surface area contributed by atoms with Gasteiger partial charge < -0.3 is 20.3 Å². The molecule has 1 aromatic carbocycles. The van der Waals surface area contributed by atoms with Gasteiger partial charge in [0.15, 0.2) is 0 Å². The van der Waals surface area contributed by atoms with Gasteiger partial charge in [0.2, 0.25) is 10.0 Å². The summed E-state index contributed by atoms with van der Waals surface area (Å²) in [5, 5.41) is 20.9. The van der Waals surface area contributed by atoms with E-state index in [-0.39, 0.29) is 23.6 Å². The summed E-state index contributed by atoms with van der Waals surface area (Å²) in [5.74, 6) is -1.23. The van der Waals surface area contributed by atoms with Gasteiger partial charge in [-0.1, -0.05) is 0 Å². The maximum Gasteiger partial charge on any atom is 0.337 e. The standard InChI is InChI=1S/C15H24N2O6S/c1-2-23-10-4-8-17-24(21,22)12-5-6-14(16-7-3-9-18)13(11-12)15(19)20/h5-6,11,16-18H,2-4,7-10H2,1H3,(H,19,20). The Morgan fingerprint density at radius 1 is 1.25 bits per heavy atom. The highest BCUT2D eigenvalue weighted by Gasteiger charge is 2.18. The van der Waals surface area contributed by atoms with Crippen LogP contribution in [0.3, 0.4) is 0 Å². The molecule has 0 fully saturated rings. The van der Waals surface area contributed by atoms with Gasteiger partial charge in [0.25, 0.3) is 0 Å². The van der Waals surface area contributed by atoms with Crippen LogP contribution in [-0.4, -0.2) is 57.5 Å². The van der Waals surface area contributed by atoms with Crippen LogP contribution in [0.5, 0.6) is 0 Å². The first-order valence-corrected chi connectivity index (χ1v) is 9.20. The number of carbonyl (C=O) groups is 1. The molecule has 24 heavy (non-hydrogen) atoms. The average molecular weight is 360 g/mol. The van der Waals surface area contributed by atoms with Crippen molar-refractivity contribution in [2.24, 2.45) is 0 Å². The number of nitrogens with one attached hydrogen (secondary N) is 2. The topological polar surface area (TPSA) is 125 Å². The Kier molecular flexibility index (Phi) is 8.69. The van der Waals surface area contributed by atoms with E-state index in [1.165, 1.54) is 12.1 Å². The summed E-state index contributed by atoms with van der Waals surface area (Å²) in [4.78, 5) is 11.2. The lowest BCUT2D eigenvalue weighted by molar-refractivity contribution is 0.0697. The Morgan fingerprint density at radius 3 is 2.62 bits per heavy atom. The van der Waals surface area contributed by atoms with E-state index in [4.69, 9.17) is 9.84 Å². The van der Waals surface area contributed by atoms with Crippen LogP contribution in [-0.2, 0) is 14.8 Å². The van der Waals surface area contributed by atoms with Gasteiger partial charge in [0.1, 0.15) is 0 Å². The predicted octanol–water partition coefficient (Wildman–Crippen LogP) is 0.884. The zero-order chi connectivity index (χ0) is 18.0. The van der Waals surface area contributed by atoms with Crippen molar-refractivity contribution in [2.75, 3.05) is 38.2 Å². The van der Waals surface area contributed by atoms with Crippen LogP contribution < -0.4 is 10.0 Å². The van der Waals surface area contributed by atoms with Crippen LogP contribution in [0, 0.1) is 0 Å². The van der Waals surface area contributed by atoms with Crippen LogP contribution in [0.2, 0.25) is 0 Å². The molecular weight excluding hydrogens is 336 g/mol. The van der Waals surface area contributed by atoms with Gasteiger partial charge in [0, 0.05) is 38.6 Å². The van der Waals surface area contributed by atoms with Gasteiger partial charge in [-0.3, -0.25) is 0 Å². The lowest BCUT2D eigenvalue weighted by Gasteiger charge is -2.12. The van der Waals surface area contributed by atoms with Gasteiger partial charge in [-0.25, -0.2) is 17.9 Å². The van der Waals surface area contributed by atoms with Gasteiger partial charge in [-0.2, -0.15) is 0 Å². The minimum Gasteiger partial charge on any atom is -0.478 e. The number of hydrogen-bond acceptors (Lipinski definition) is 6. The number of carboxylic acid groups (broad SMARTS) is 1. The largest absolute Gasteiger partial charge is 0.478 e. The second kappa shape index (κ2) is 10.2. The number of sulfonamides is 1. The van der Waals surface area contributed by atoms with Crippen molar-refractivity contribution in [1.29, 1.82) is 0 Å². The van der Waals surface area contributed by atoms with E-state index in [2.05, 4.69) is 10.0 Å². The Hall–Kier alpha value is -1.68. The number of aliphatic hydroxyl groups is 1. The second-order valence-electron chi connectivity index (χ2n) is 4.96. The quantitative estimate of drug-likeness (QED) is 0.408. The third-order valence-corrected chi connectivity index (χ3v) is 4.60. The number of carboxylic acids is 1. The molecule has 0 atom stereocenters. The Labute approximate surface area is 141 Å². The fourth-order valence-electron chi connectivity index (χ4n) is 1.93. The number of anilines is 1. The molecule has 1 rings (SSSR count). The zero-order valence-corrected chi connectivity index (χ0v) is 14.4. The molecule has 9 heteroatoms. The molecule has 0 aromatic heterocycles. The van der Waals surface area contributed by atoms with Gasteiger partial charge >= 0.3 is 5.97 Å². The SMILES string of the molecule is CCOCCCNS(=O)(=O)c1ccc(NCCCO)c(C(=O)O)c1. The van der Waals surface area contributed by atoms with Crippen molar-refractivity contribution in [3.63, 3.8) is 0 Å².